The SMILES string of the molecule is C[C@@H](C1CC(NC(=O)C2CC2)C1)N1CC2(CCN(c3ncnnc3Oc3ccc(F)cc3-c3cncnc3C3CC3)C2)C1. The predicted octanol–water partition coefficient (Wildman–Crippen LogP) is 4.34. The number of carbonyl (C=O) groups excluding carboxylic acids is 1. The molecule has 224 valence electrons. The van der Waals surface area contributed by atoms with Crippen molar-refractivity contribution in [2.75, 3.05) is 31.1 Å². The summed E-state index contributed by atoms with van der Waals surface area (Å²) in [6.45, 7) is 6.22. The van der Waals surface area contributed by atoms with E-state index in [1.54, 1.807) is 18.6 Å². The highest BCUT2D eigenvalue weighted by molar-refractivity contribution is 5.81. The van der Waals surface area contributed by atoms with Crippen molar-refractivity contribution < 1.29 is 13.9 Å². The molecule has 1 atom stereocenters. The maximum Gasteiger partial charge on any atom is 0.282 e. The fourth-order valence-corrected chi connectivity index (χ4v) is 7.29. The van der Waals surface area contributed by atoms with Crippen LogP contribution in [0.4, 0.5) is 10.2 Å². The Labute approximate surface area is 250 Å². The van der Waals surface area contributed by atoms with Crippen LogP contribution in [-0.4, -0.2) is 74.2 Å². The van der Waals surface area contributed by atoms with Gasteiger partial charge in [0.1, 0.15) is 24.2 Å². The zero-order chi connectivity index (χ0) is 29.1. The van der Waals surface area contributed by atoms with Gasteiger partial charge >= 0.3 is 0 Å². The number of likely N-dealkylation sites (tertiary alicyclic amines) is 1. The third-order valence-electron chi connectivity index (χ3n) is 10.3. The molecule has 2 saturated heterocycles. The molecule has 10 nitrogen and oxygen atoms in total. The van der Waals surface area contributed by atoms with Crippen LogP contribution in [0.15, 0.2) is 37.1 Å². The van der Waals surface area contributed by atoms with Gasteiger partial charge < -0.3 is 15.0 Å². The van der Waals surface area contributed by atoms with Gasteiger partial charge in [0, 0.05) is 72.8 Å². The van der Waals surface area contributed by atoms with Crippen molar-refractivity contribution in [3.63, 3.8) is 0 Å². The maximum atomic E-state index is 14.5. The van der Waals surface area contributed by atoms with Gasteiger partial charge in [0.05, 0.1) is 5.69 Å². The fourth-order valence-electron chi connectivity index (χ4n) is 7.29. The Hall–Kier alpha value is -3.73. The standard InChI is InChI=1S/C32H37FN8O2/c1-19(22-10-24(11-22)38-30(42)21-4-5-21)41-15-32(16-41)8-9-40(14-32)29-31(39-37-18-36-29)43-27-7-6-23(33)12-25(27)26-13-34-17-35-28(26)20-2-3-20/h6-7,12-13,17-22,24H,2-5,8-11,14-16H2,1H3,(H,38,42)/t19-,22?,24?/m0/s1. The van der Waals surface area contributed by atoms with E-state index in [0.29, 0.717) is 46.9 Å². The largest absolute Gasteiger partial charge is 0.434 e. The highest BCUT2D eigenvalue weighted by atomic mass is 19.1. The lowest BCUT2D eigenvalue weighted by Gasteiger charge is -2.54. The Morgan fingerprint density at radius 3 is 2.72 bits per heavy atom. The first-order chi connectivity index (χ1) is 20.9. The van der Waals surface area contributed by atoms with E-state index >= 15 is 0 Å². The van der Waals surface area contributed by atoms with Gasteiger partial charge in [-0.15, -0.1) is 10.2 Å². The third-order valence-corrected chi connectivity index (χ3v) is 10.3. The number of carbonyl (C=O) groups is 1. The molecule has 0 bridgehead atoms. The van der Waals surface area contributed by atoms with Crippen LogP contribution in [0, 0.1) is 23.1 Å². The molecule has 1 spiro atoms. The average Bonchev–Trinajstić information content (AvgIpc) is 3.92. The summed E-state index contributed by atoms with van der Waals surface area (Å²) >= 11 is 0. The van der Waals surface area contributed by atoms with E-state index in [0.717, 1.165) is 82.4 Å². The molecule has 8 rings (SSSR count). The number of ether oxygens (including phenoxy) is 1. The minimum atomic E-state index is -0.351. The first kappa shape index (κ1) is 26.9. The third kappa shape index (κ3) is 5.21. The molecule has 1 aromatic carbocycles. The highest BCUT2D eigenvalue weighted by Gasteiger charge is 2.51. The topological polar surface area (TPSA) is 109 Å². The molecule has 3 aliphatic carbocycles. The van der Waals surface area contributed by atoms with Gasteiger partial charge in [0.25, 0.3) is 5.88 Å². The number of halogens is 1. The summed E-state index contributed by atoms with van der Waals surface area (Å²) in [4.78, 5) is 30.3. The lowest BCUT2D eigenvalue weighted by Crippen LogP contribution is -2.63. The maximum absolute atomic E-state index is 14.5. The molecule has 5 fully saturated rings. The molecule has 1 N–H and O–H groups in total. The number of nitrogens with zero attached hydrogens (tertiary/aromatic N) is 7. The summed E-state index contributed by atoms with van der Waals surface area (Å²) in [5.41, 5.74) is 2.53. The molecule has 3 aromatic rings. The summed E-state index contributed by atoms with van der Waals surface area (Å²) in [5.74, 6) is 2.66. The molecule has 2 aliphatic heterocycles. The number of hydrogen-bond acceptors (Lipinski definition) is 9. The number of hydrogen-bond donors (Lipinski definition) is 1. The zero-order valence-corrected chi connectivity index (χ0v) is 24.5. The van der Waals surface area contributed by atoms with Crippen molar-refractivity contribution in [3.8, 4) is 22.8 Å². The highest BCUT2D eigenvalue weighted by Crippen LogP contribution is 2.48. The predicted molar refractivity (Wildman–Crippen MR) is 157 cm³/mol. The van der Waals surface area contributed by atoms with Crippen LogP contribution in [0.2, 0.25) is 0 Å². The van der Waals surface area contributed by atoms with Gasteiger partial charge in [-0.3, -0.25) is 9.69 Å². The monoisotopic (exact) mass is 584 g/mol. The summed E-state index contributed by atoms with van der Waals surface area (Å²) in [6.07, 6.45) is 12.3. The number of nitrogens with one attached hydrogen (secondary N) is 1. The second kappa shape index (κ2) is 10.5. The van der Waals surface area contributed by atoms with Crippen molar-refractivity contribution in [1.29, 1.82) is 0 Å². The molecule has 0 unspecified atom stereocenters. The molecular weight excluding hydrogens is 547 g/mol. The Kier molecular flexibility index (Phi) is 6.54. The lowest BCUT2D eigenvalue weighted by atomic mass is 9.71. The average molecular weight is 585 g/mol. The minimum absolute atomic E-state index is 0.224. The summed E-state index contributed by atoms with van der Waals surface area (Å²) in [7, 11) is 0. The van der Waals surface area contributed by atoms with Gasteiger partial charge in [0.15, 0.2) is 5.82 Å². The summed E-state index contributed by atoms with van der Waals surface area (Å²) in [5, 5.41) is 11.6. The van der Waals surface area contributed by atoms with Crippen LogP contribution in [0.1, 0.15) is 63.5 Å². The minimum Gasteiger partial charge on any atom is -0.434 e. The zero-order valence-electron chi connectivity index (χ0n) is 24.5. The summed E-state index contributed by atoms with van der Waals surface area (Å²) < 4.78 is 20.8. The number of amides is 1. The Morgan fingerprint density at radius 2 is 1.93 bits per heavy atom. The van der Waals surface area contributed by atoms with Gasteiger partial charge in [-0.25, -0.2) is 19.3 Å². The number of aromatic nitrogens is 5. The van der Waals surface area contributed by atoms with Crippen LogP contribution in [-0.2, 0) is 4.79 Å². The van der Waals surface area contributed by atoms with Crippen LogP contribution >= 0.6 is 0 Å². The van der Waals surface area contributed by atoms with E-state index < -0.39 is 0 Å². The number of rotatable bonds is 9. The molecular formula is C32H37FN8O2. The van der Waals surface area contributed by atoms with Crippen molar-refractivity contribution >= 4 is 11.7 Å². The Morgan fingerprint density at radius 1 is 1.09 bits per heavy atom. The van der Waals surface area contributed by atoms with Crippen molar-refractivity contribution in [2.45, 2.75) is 69.9 Å². The van der Waals surface area contributed by atoms with E-state index in [-0.39, 0.29) is 23.1 Å². The Bertz CT molecular complexity index is 1530. The lowest BCUT2D eigenvalue weighted by molar-refractivity contribution is -0.124. The molecule has 11 heteroatoms. The van der Waals surface area contributed by atoms with Crippen LogP contribution in [0.25, 0.3) is 11.1 Å². The molecule has 0 radical (unpaired) electrons. The smallest absolute Gasteiger partial charge is 0.282 e. The first-order valence-electron chi connectivity index (χ1n) is 15.7. The molecule has 3 saturated carbocycles. The van der Waals surface area contributed by atoms with Crippen LogP contribution in [0.5, 0.6) is 11.6 Å². The first-order valence-corrected chi connectivity index (χ1v) is 15.7. The van der Waals surface area contributed by atoms with Gasteiger partial charge in [-0.1, -0.05) is 0 Å². The normalized spacial score (nSPS) is 25.2. The molecule has 43 heavy (non-hydrogen) atoms. The van der Waals surface area contributed by atoms with Crippen molar-refractivity contribution in [2.24, 2.45) is 17.3 Å². The van der Waals surface area contributed by atoms with Gasteiger partial charge in [-0.05, 0) is 76.0 Å². The van der Waals surface area contributed by atoms with Crippen LogP contribution in [0.3, 0.4) is 0 Å². The summed E-state index contributed by atoms with van der Waals surface area (Å²) in [6, 6.07) is 5.38. The van der Waals surface area contributed by atoms with E-state index in [4.69, 9.17) is 4.74 Å². The van der Waals surface area contributed by atoms with Crippen molar-refractivity contribution in [1.82, 2.24) is 35.4 Å². The van der Waals surface area contributed by atoms with Crippen molar-refractivity contribution in [3.05, 3.63) is 48.6 Å². The van der Waals surface area contributed by atoms with Crippen LogP contribution < -0.4 is 15.0 Å². The molecule has 1 amide bonds. The van der Waals surface area contributed by atoms with Gasteiger partial charge in [-0.2, -0.15) is 0 Å². The molecule has 2 aromatic heterocycles. The fraction of sp³-hybridized carbons (Fsp3) is 0.562. The molecule has 4 heterocycles. The number of anilines is 1. The number of benzene rings is 1. The second-order valence-electron chi connectivity index (χ2n) is 13.5. The molecule has 5 aliphatic rings. The quantitative estimate of drug-likeness (QED) is 0.393. The van der Waals surface area contributed by atoms with E-state index in [1.807, 2.05) is 0 Å². The Balaban J connectivity index is 0.933. The van der Waals surface area contributed by atoms with E-state index in [9.17, 15) is 9.18 Å². The van der Waals surface area contributed by atoms with E-state index in [1.165, 1.54) is 18.5 Å². The van der Waals surface area contributed by atoms with E-state index in [2.05, 4.69) is 47.2 Å². The second-order valence-corrected chi connectivity index (χ2v) is 13.5. The van der Waals surface area contributed by atoms with Gasteiger partial charge in [0.2, 0.25) is 5.91 Å².